The monoisotopic (exact) mass is 221 g/mol. The van der Waals surface area contributed by atoms with Gasteiger partial charge in [0.05, 0.1) is 5.69 Å². The standard InChI is InChI=1S/C12H19N3O/c1-15-10-5-6-13-8-9(10)14-12(15)11-4-2-3-7-16-11/h11,13H,2-8H2,1H3. The Kier molecular flexibility index (Phi) is 2.69. The third-order valence-corrected chi connectivity index (χ3v) is 3.63. The maximum atomic E-state index is 5.82. The largest absolute Gasteiger partial charge is 0.370 e. The van der Waals surface area contributed by atoms with E-state index < -0.39 is 0 Å². The fourth-order valence-electron chi connectivity index (χ4n) is 2.71. The second kappa shape index (κ2) is 4.18. The van der Waals surface area contributed by atoms with Crippen molar-refractivity contribution in [3.8, 4) is 0 Å². The first-order chi connectivity index (χ1) is 7.86. The number of aromatic nitrogens is 2. The molecule has 3 heterocycles. The van der Waals surface area contributed by atoms with Crippen molar-refractivity contribution in [2.45, 2.75) is 38.3 Å². The van der Waals surface area contributed by atoms with Crippen molar-refractivity contribution in [3.05, 3.63) is 17.2 Å². The van der Waals surface area contributed by atoms with E-state index in [0.717, 1.165) is 38.4 Å². The highest BCUT2D eigenvalue weighted by Gasteiger charge is 2.25. The molecule has 1 N–H and O–H groups in total. The quantitative estimate of drug-likeness (QED) is 0.777. The maximum Gasteiger partial charge on any atom is 0.138 e. The molecule has 1 saturated heterocycles. The Labute approximate surface area is 96.0 Å². The normalized spacial score (nSPS) is 25.4. The van der Waals surface area contributed by atoms with Gasteiger partial charge in [-0.1, -0.05) is 0 Å². The molecule has 1 aromatic heterocycles. The van der Waals surface area contributed by atoms with Gasteiger partial charge in [0.25, 0.3) is 0 Å². The van der Waals surface area contributed by atoms with E-state index >= 15 is 0 Å². The van der Waals surface area contributed by atoms with Crippen LogP contribution in [0.3, 0.4) is 0 Å². The van der Waals surface area contributed by atoms with Crippen molar-refractivity contribution in [2.24, 2.45) is 7.05 Å². The summed E-state index contributed by atoms with van der Waals surface area (Å²) in [5.74, 6) is 1.13. The third-order valence-electron chi connectivity index (χ3n) is 3.63. The molecule has 4 heteroatoms. The number of rotatable bonds is 1. The number of ether oxygens (including phenoxy) is 1. The summed E-state index contributed by atoms with van der Waals surface area (Å²) in [6.07, 6.45) is 4.90. The highest BCUT2D eigenvalue weighted by atomic mass is 16.5. The molecule has 1 aromatic rings. The van der Waals surface area contributed by atoms with E-state index in [1.807, 2.05) is 0 Å². The summed E-state index contributed by atoms with van der Waals surface area (Å²) < 4.78 is 8.07. The Hall–Kier alpha value is -0.870. The molecule has 2 aliphatic heterocycles. The Morgan fingerprint density at radius 2 is 2.38 bits per heavy atom. The summed E-state index contributed by atoms with van der Waals surface area (Å²) in [6, 6.07) is 0. The first kappa shape index (κ1) is 10.3. The lowest BCUT2D eigenvalue weighted by Gasteiger charge is -2.22. The van der Waals surface area contributed by atoms with Crippen LogP contribution in [-0.4, -0.2) is 22.7 Å². The van der Waals surface area contributed by atoms with Gasteiger partial charge in [-0.15, -0.1) is 0 Å². The Morgan fingerprint density at radius 3 is 3.12 bits per heavy atom. The van der Waals surface area contributed by atoms with E-state index in [0.29, 0.717) is 0 Å². The third kappa shape index (κ3) is 1.66. The van der Waals surface area contributed by atoms with E-state index in [2.05, 4.69) is 16.9 Å². The zero-order chi connectivity index (χ0) is 11.0. The molecular weight excluding hydrogens is 202 g/mol. The number of hydrogen-bond donors (Lipinski definition) is 1. The molecular formula is C12H19N3O. The van der Waals surface area contributed by atoms with Crippen LogP contribution in [0.15, 0.2) is 0 Å². The molecule has 0 saturated carbocycles. The Balaban J connectivity index is 1.91. The first-order valence-corrected chi connectivity index (χ1v) is 6.23. The lowest BCUT2D eigenvalue weighted by atomic mass is 10.1. The summed E-state index contributed by atoms with van der Waals surface area (Å²) >= 11 is 0. The van der Waals surface area contributed by atoms with Crippen LogP contribution in [0.1, 0.15) is 42.6 Å². The van der Waals surface area contributed by atoms with Gasteiger partial charge in [0.1, 0.15) is 11.9 Å². The maximum absolute atomic E-state index is 5.82. The minimum absolute atomic E-state index is 0.226. The van der Waals surface area contributed by atoms with E-state index in [1.54, 1.807) is 0 Å². The van der Waals surface area contributed by atoms with Crippen molar-refractivity contribution >= 4 is 0 Å². The molecule has 0 amide bonds. The van der Waals surface area contributed by atoms with Crippen LogP contribution in [0.25, 0.3) is 0 Å². The van der Waals surface area contributed by atoms with Crippen LogP contribution >= 0.6 is 0 Å². The van der Waals surface area contributed by atoms with Crippen LogP contribution in [0.4, 0.5) is 0 Å². The smallest absolute Gasteiger partial charge is 0.138 e. The van der Waals surface area contributed by atoms with E-state index in [-0.39, 0.29) is 6.10 Å². The van der Waals surface area contributed by atoms with Gasteiger partial charge in [-0.05, 0) is 19.3 Å². The van der Waals surface area contributed by atoms with Crippen molar-refractivity contribution in [1.29, 1.82) is 0 Å². The molecule has 3 rings (SSSR count). The number of imidazole rings is 1. The topological polar surface area (TPSA) is 39.1 Å². The summed E-state index contributed by atoms with van der Waals surface area (Å²) in [6.45, 7) is 2.87. The van der Waals surface area contributed by atoms with E-state index in [9.17, 15) is 0 Å². The first-order valence-electron chi connectivity index (χ1n) is 6.23. The second-order valence-electron chi connectivity index (χ2n) is 4.70. The highest BCUT2D eigenvalue weighted by molar-refractivity contribution is 5.21. The van der Waals surface area contributed by atoms with Crippen LogP contribution < -0.4 is 5.32 Å². The average Bonchev–Trinajstić information content (AvgIpc) is 2.69. The van der Waals surface area contributed by atoms with Crippen LogP contribution in [0.5, 0.6) is 0 Å². The molecule has 2 aliphatic rings. The Morgan fingerprint density at radius 1 is 1.44 bits per heavy atom. The van der Waals surface area contributed by atoms with E-state index in [4.69, 9.17) is 9.72 Å². The molecule has 88 valence electrons. The van der Waals surface area contributed by atoms with Crippen molar-refractivity contribution in [3.63, 3.8) is 0 Å². The van der Waals surface area contributed by atoms with Crippen molar-refractivity contribution < 1.29 is 4.74 Å². The van der Waals surface area contributed by atoms with Crippen molar-refractivity contribution in [2.75, 3.05) is 13.2 Å². The molecule has 1 unspecified atom stereocenters. The van der Waals surface area contributed by atoms with Gasteiger partial charge in [-0.25, -0.2) is 4.98 Å². The minimum Gasteiger partial charge on any atom is -0.370 e. The molecule has 0 aromatic carbocycles. The lowest BCUT2D eigenvalue weighted by molar-refractivity contribution is 0.00777. The molecule has 16 heavy (non-hydrogen) atoms. The summed E-state index contributed by atoms with van der Waals surface area (Å²) in [5, 5.41) is 3.37. The van der Waals surface area contributed by atoms with Gasteiger partial charge >= 0.3 is 0 Å². The van der Waals surface area contributed by atoms with Gasteiger partial charge in [0, 0.05) is 38.9 Å². The van der Waals surface area contributed by atoms with E-state index in [1.165, 1.54) is 24.2 Å². The summed E-state index contributed by atoms with van der Waals surface area (Å²) in [7, 11) is 2.13. The zero-order valence-electron chi connectivity index (χ0n) is 9.83. The molecule has 1 fully saturated rings. The fourth-order valence-corrected chi connectivity index (χ4v) is 2.71. The summed E-state index contributed by atoms with van der Waals surface area (Å²) in [4.78, 5) is 4.75. The second-order valence-corrected chi connectivity index (χ2v) is 4.70. The number of hydrogen-bond acceptors (Lipinski definition) is 3. The van der Waals surface area contributed by atoms with Crippen molar-refractivity contribution in [1.82, 2.24) is 14.9 Å². The highest BCUT2D eigenvalue weighted by Crippen LogP contribution is 2.28. The van der Waals surface area contributed by atoms with Crippen LogP contribution in [-0.2, 0) is 24.8 Å². The number of nitrogens with one attached hydrogen (secondary N) is 1. The molecule has 0 spiro atoms. The zero-order valence-corrected chi connectivity index (χ0v) is 9.83. The number of nitrogens with zero attached hydrogens (tertiary/aromatic N) is 2. The minimum atomic E-state index is 0.226. The molecule has 0 radical (unpaired) electrons. The molecule has 4 nitrogen and oxygen atoms in total. The van der Waals surface area contributed by atoms with Crippen LogP contribution in [0, 0.1) is 0 Å². The summed E-state index contributed by atoms with van der Waals surface area (Å²) in [5.41, 5.74) is 2.61. The van der Waals surface area contributed by atoms with Gasteiger partial charge in [0.15, 0.2) is 0 Å². The average molecular weight is 221 g/mol. The number of fused-ring (bicyclic) bond motifs is 1. The predicted octanol–water partition coefficient (Wildman–Crippen LogP) is 1.31. The lowest BCUT2D eigenvalue weighted by Crippen LogP contribution is -2.24. The van der Waals surface area contributed by atoms with Gasteiger partial charge in [-0.3, -0.25) is 0 Å². The Bertz CT molecular complexity index is 380. The van der Waals surface area contributed by atoms with Gasteiger partial charge in [0.2, 0.25) is 0 Å². The molecule has 0 aliphatic carbocycles. The molecule has 0 bridgehead atoms. The van der Waals surface area contributed by atoms with Crippen LogP contribution in [0.2, 0.25) is 0 Å². The fraction of sp³-hybridized carbons (Fsp3) is 0.750. The van der Waals surface area contributed by atoms with Gasteiger partial charge in [-0.2, -0.15) is 0 Å². The predicted molar refractivity (Wildman–Crippen MR) is 61.2 cm³/mol. The van der Waals surface area contributed by atoms with Gasteiger partial charge < -0.3 is 14.6 Å². The molecule has 1 atom stereocenters. The SMILES string of the molecule is Cn1c(C2CCCCO2)nc2c1CCNC2.